The SMILES string of the molecule is CC(C)c1cc(CN)cc(N2CCCCCCC2)n1. The Morgan fingerprint density at radius 3 is 2.32 bits per heavy atom. The summed E-state index contributed by atoms with van der Waals surface area (Å²) in [6, 6.07) is 4.33. The summed E-state index contributed by atoms with van der Waals surface area (Å²) < 4.78 is 0. The van der Waals surface area contributed by atoms with Crippen LogP contribution in [0.4, 0.5) is 5.82 Å². The zero-order chi connectivity index (χ0) is 13.7. The maximum absolute atomic E-state index is 5.83. The quantitative estimate of drug-likeness (QED) is 0.906. The van der Waals surface area contributed by atoms with E-state index in [2.05, 4.69) is 30.9 Å². The van der Waals surface area contributed by atoms with Gasteiger partial charge >= 0.3 is 0 Å². The minimum atomic E-state index is 0.458. The lowest BCUT2D eigenvalue weighted by Crippen LogP contribution is -2.28. The Morgan fingerprint density at radius 2 is 1.74 bits per heavy atom. The van der Waals surface area contributed by atoms with Gasteiger partial charge < -0.3 is 10.6 Å². The van der Waals surface area contributed by atoms with Crippen molar-refractivity contribution in [3.8, 4) is 0 Å². The molecule has 0 saturated carbocycles. The molecule has 1 aromatic rings. The summed E-state index contributed by atoms with van der Waals surface area (Å²) in [7, 11) is 0. The predicted molar refractivity (Wildman–Crippen MR) is 81.5 cm³/mol. The highest BCUT2D eigenvalue weighted by atomic mass is 15.2. The molecule has 0 aromatic carbocycles. The second kappa shape index (κ2) is 6.90. The molecule has 1 aliphatic heterocycles. The Morgan fingerprint density at radius 1 is 1.11 bits per heavy atom. The lowest BCUT2D eigenvalue weighted by molar-refractivity contribution is 0.553. The number of pyridine rings is 1. The van der Waals surface area contributed by atoms with Crippen LogP contribution in [0.3, 0.4) is 0 Å². The number of nitrogens with two attached hydrogens (primary N) is 1. The summed E-state index contributed by atoms with van der Waals surface area (Å²) in [5, 5.41) is 0. The zero-order valence-electron chi connectivity index (χ0n) is 12.4. The molecule has 1 saturated heterocycles. The molecule has 0 unspecified atom stereocenters. The van der Waals surface area contributed by atoms with E-state index in [9.17, 15) is 0 Å². The van der Waals surface area contributed by atoms with Crippen LogP contribution in [0.25, 0.3) is 0 Å². The van der Waals surface area contributed by atoms with E-state index in [0.717, 1.165) is 18.9 Å². The van der Waals surface area contributed by atoms with Gasteiger partial charge in [0.15, 0.2) is 0 Å². The van der Waals surface area contributed by atoms with Gasteiger partial charge in [-0.25, -0.2) is 4.98 Å². The molecule has 19 heavy (non-hydrogen) atoms. The third-order valence-corrected chi connectivity index (χ3v) is 3.90. The van der Waals surface area contributed by atoms with Crippen molar-refractivity contribution in [2.75, 3.05) is 18.0 Å². The third kappa shape index (κ3) is 3.93. The predicted octanol–water partition coefficient (Wildman–Crippen LogP) is 3.43. The summed E-state index contributed by atoms with van der Waals surface area (Å²) in [4.78, 5) is 7.30. The van der Waals surface area contributed by atoms with E-state index in [4.69, 9.17) is 10.7 Å². The molecule has 0 radical (unpaired) electrons. The van der Waals surface area contributed by atoms with Gasteiger partial charge in [0.2, 0.25) is 0 Å². The fourth-order valence-corrected chi connectivity index (χ4v) is 2.65. The highest BCUT2D eigenvalue weighted by Gasteiger charge is 2.13. The lowest BCUT2D eigenvalue weighted by atomic mass is 10.1. The van der Waals surface area contributed by atoms with Gasteiger partial charge in [-0.2, -0.15) is 0 Å². The number of hydrogen-bond acceptors (Lipinski definition) is 3. The van der Waals surface area contributed by atoms with Crippen LogP contribution < -0.4 is 10.6 Å². The molecule has 1 aromatic heterocycles. The average Bonchev–Trinajstić information content (AvgIpc) is 2.37. The standard InChI is InChI=1S/C16H27N3/c1-13(2)15-10-14(12-17)11-16(18-15)19-8-6-4-3-5-7-9-19/h10-11,13H,3-9,12,17H2,1-2H3. The number of aromatic nitrogens is 1. The van der Waals surface area contributed by atoms with Gasteiger partial charge in [-0.1, -0.05) is 33.1 Å². The monoisotopic (exact) mass is 261 g/mol. The van der Waals surface area contributed by atoms with E-state index in [1.165, 1.54) is 43.4 Å². The van der Waals surface area contributed by atoms with Gasteiger partial charge in [0.05, 0.1) is 0 Å². The Balaban J connectivity index is 2.23. The van der Waals surface area contributed by atoms with Gasteiger partial charge in [0.1, 0.15) is 5.82 Å². The normalized spacial score (nSPS) is 17.4. The minimum absolute atomic E-state index is 0.458. The summed E-state index contributed by atoms with van der Waals surface area (Å²) in [5.74, 6) is 1.59. The first-order valence-corrected chi connectivity index (χ1v) is 7.66. The second-order valence-electron chi connectivity index (χ2n) is 5.87. The van der Waals surface area contributed by atoms with E-state index in [1.807, 2.05) is 0 Å². The first-order chi connectivity index (χ1) is 9.20. The second-order valence-corrected chi connectivity index (χ2v) is 5.87. The molecule has 106 valence electrons. The molecule has 0 spiro atoms. The van der Waals surface area contributed by atoms with Crippen LogP contribution in [0.2, 0.25) is 0 Å². The Bertz CT molecular complexity index is 393. The first kappa shape index (κ1) is 14.3. The van der Waals surface area contributed by atoms with E-state index >= 15 is 0 Å². The van der Waals surface area contributed by atoms with E-state index in [1.54, 1.807) is 0 Å². The molecule has 2 rings (SSSR count). The molecular weight excluding hydrogens is 234 g/mol. The van der Waals surface area contributed by atoms with Gasteiger partial charge in [-0.15, -0.1) is 0 Å². The van der Waals surface area contributed by atoms with Crippen LogP contribution in [0.1, 0.15) is 63.1 Å². The van der Waals surface area contributed by atoms with Crippen LogP contribution in [0, 0.1) is 0 Å². The van der Waals surface area contributed by atoms with Crippen molar-refractivity contribution in [1.29, 1.82) is 0 Å². The molecule has 2 N–H and O–H groups in total. The molecule has 0 amide bonds. The van der Waals surface area contributed by atoms with Crippen molar-refractivity contribution in [2.24, 2.45) is 5.73 Å². The largest absolute Gasteiger partial charge is 0.357 e. The summed E-state index contributed by atoms with van der Waals surface area (Å²) in [6.07, 6.45) is 6.66. The third-order valence-electron chi connectivity index (χ3n) is 3.90. The molecule has 0 atom stereocenters. The van der Waals surface area contributed by atoms with Crippen LogP contribution in [-0.4, -0.2) is 18.1 Å². The summed E-state index contributed by atoms with van der Waals surface area (Å²) in [6.45, 7) is 7.26. The van der Waals surface area contributed by atoms with E-state index in [-0.39, 0.29) is 0 Å². The van der Waals surface area contributed by atoms with Gasteiger partial charge in [-0.05, 0) is 36.5 Å². The molecule has 1 aliphatic rings. The number of nitrogens with zero attached hydrogens (tertiary/aromatic N) is 2. The average molecular weight is 261 g/mol. The molecule has 2 heterocycles. The summed E-state index contributed by atoms with van der Waals surface area (Å²) in [5.41, 5.74) is 8.20. The fraction of sp³-hybridized carbons (Fsp3) is 0.688. The molecule has 1 fully saturated rings. The van der Waals surface area contributed by atoms with Gasteiger partial charge in [-0.3, -0.25) is 0 Å². The Kier molecular flexibility index (Phi) is 5.20. The van der Waals surface area contributed by atoms with Crippen molar-refractivity contribution in [3.05, 3.63) is 23.4 Å². The van der Waals surface area contributed by atoms with Crippen molar-refractivity contribution in [3.63, 3.8) is 0 Å². The number of anilines is 1. The van der Waals surface area contributed by atoms with Crippen molar-refractivity contribution < 1.29 is 0 Å². The minimum Gasteiger partial charge on any atom is -0.357 e. The van der Waals surface area contributed by atoms with E-state index in [0.29, 0.717) is 12.5 Å². The van der Waals surface area contributed by atoms with Crippen molar-refractivity contribution in [1.82, 2.24) is 4.98 Å². The van der Waals surface area contributed by atoms with Crippen LogP contribution in [0.5, 0.6) is 0 Å². The summed E-state index contributed by atoms with van der Waals surface area (Å²) >= 11 is 0. The maximum Gasteiger partial charge on any atom is 0.129 e. The van der Waals surface area contributed by atoms with E-state index < -0.39 is 0 Å². The molecule has 0 aliphatic carbocycles. The zero-order valence-corrected chi connectivity index (χ0v) is 12.4. The number of hydrogen-bond donors (Lipinski definition) is 1. The van der Waals surface area contributed by atoms with Gasteiger partial charge in [0, 0.05) is 25.3 Å². The number of rotatable bonds is 3. The van der Waals surface area contributed by atoms with Crippen LogP contribution in [-0.2, 0) is 6.54 Å². The molecular formula is C16H27N3. The fourth-order valence-electron chi connectivity index (χ4n) is 2.65. The highest BCUT2D eigenvalue weighted by molar-refractivity contribution is 5.43. The topological polar surface area (TPSA) is 42.1 Å². The Hall–Kier alpha value is -1.09. The van der Waals surface area contributed by atoms with Crippen molar-refractivity contribution >= 4 is 5.82 Å². The molecule has 0 bridgehead atoms. The lowest BCUT2D eigenvalue weighted by Gasteiger charge is -2.27. The smallest absolute Gasteiger partial charge is 0.129 e. The molecule has 3 nitrogen and oxygen atoms in total. The highest BCUT2D eigenvalue weighted by Crippen LogP contribution is 2.22. The van der Waals surface area contributed by atoms with Crippen LogP contribution in [0.15, 0.2) is 12.1 Å². The van der Waals surface area contributed by atoms with Crippen molar-refractivity contribution in [2.45, 2.75) is 58.4 Å². The van der Waals surface area contributed by atoms with Crippen LogP contribution >= 0.6 is 0 Å². The maximum atomic E-state index is 5.83. The van der Waals surface area contributed by atoms with Gasteiger partial charge in [0.25, 0.3) is 0 Å². The molecule has 3 heteroatoms. The first-order valence-electron chi connectivity index (χ1n) is 7.66. The Labute approximate surface area is 117 Å².